The van der Waals surface area contributed by atoms with Crippen LogP contribution in [0.4, 0.5) is 0 Å². The summed E-state index contributed by atoms with van der Waals surface area (Å²) in [7, 11) is 2.12. The highest BCUT2D eigenvalue weighted by Gasteiger charge is 2.23. The first-order valence-corrected chi connectivity index (χ1v) is 7.80. The minimum absolute atomic E-state index is 0.00793. The number of benzene rings is 1. The summed E-state index contributed by atoms with van der Waals surface area (Å²) < 4.78 is 5.85. The Balaban J connectivity index is 1.89. The summed E-state index contributed by atoms with van der Waals surface area (Å²) in [6.07, 6.45) is 2.30. The van der Waals surface area contributed by atoms with Crippen LogP contribution in [0, 0.1) is 6.92 Å². The lowest BCUT2D eigenvalue weighted by atomic mass is 10.1. The first kappa shape index (κ1) is 15.8. The van der Waals surface area contributed by atoms with Gasteiger partial charge < -0.3 is 15.0 Å². The third-order valence-electron chi connectivity index (χ3n) is 4.00. The molecule has 4 heteroatoms. The predicted molar refractivity (Wildman–Crippen MR) is 84.5 cm³/mol. The van der Waals surface area contributed by atoms with Gasteiger partial charge in [0.1, 0.15) is 5.75 Å². The molecule has 0 aliphatic carbocycles. The van der Waals surface area contributed by atoms with Crippen molar-refractivity contribution in [2.45, 2.75) is 45.3 Å². The molecule has 0 radical (unpaired) electrons. The third-order valence-corrected chi connectivity index (χ3v) is 4.00. The lowest BCUT2D eigenvalue weighted by Gasteiger charge is -2.30. The van der Waals surface area contributed by atoms with Crippen LogP contribution in [0.5, 0.6) is 5.75 Å². The van der Waals surface area contributed by atoms with Gasteiger partial charge in [0, 0.05) is 6.04 Å². The quantitative estimate of drug-likeness (QED) is 0.905. The molecule has 4 nitrogen and oxygen atoms in total. The highest BCUT2D eigenvalue weighted by Crippen LogP contribution is 2.16. The molecular formula is C17H26N2O2. The summed E-state index contributed by atoms with van der Waals surface area (Å²) in [5.74, 6) is 0.772. The molecule has 1 heterocycles. The minimum Gasteiger partial charge on any atom is -0.481 e. The second-order valence-electron chi connectivity index (χ2n) is 5.92. The van der Waals surface area contributed by atoms with Gasteiger partial charge in [-0.15, -0.1) is 0 Å². The Morgan fingerprint density at radius 1 is 1.43 bits per heavy atom. The van der Waals surface area contributed by atoms with Gasteiger partial charge in [0.25, 0.3) is 5.91 Å². The molecule has 0 bridgehead atoms. The average molecular weight is 290 g/mol. The van der Waals surface area contributed by atoms with E-state index in [9.17, 15) is 4.79 Å². The molecule has 1 fully saturated rings. The van der Waals surface area contributed by atoms with Crippen LogP contribution in [0.15, 0.2) is 24.3 Å². The Labute approximate surface area is 127 Å². The van der Waals surface area contributed by atoms with E-state index in [2.05, 4.69) is 17.3 Å². The Hall–Kier alpha value is -1.55. The van der Waals surface area contributed by atoms with Crippen molar-refractivity contribution in [3.63, 3.8) is 0 Å². The van der Waals surface area contributed by atoms with Crippen LogP contribution in [0.3, 0.4) is 0 Å². The van der Waals surface area contributed by atoms with Gasteiger partial charge >= 0.3 is 0 Å². The minimum atomic E-state index is -0.411. The number of hydrogen-bond donors (Lipinski definition) is 1. The summed E-state index contributed by atoms with van der Waals surface area (Å²) >= 11 is 0. The van der Waals surface area contributed by atoms with Crippen LogP contribution < -0.4 is 10.1 Å². The van der Waals surface area contributed by atoms with E-state index < -0.39 is 6.10 Å². The number of nitrogens with one attached hydrogen (secondary N) is 1. The second kappa shape index (κ2) is 7.46. The molecule has 1 aliphatic rings. The van der Waals surface area contributed by atoms with Crippen LogP contribution in [-0.2, 0) is 4.79 Å². The van der Waals surface area contributed by atoms with E-state index in [-0.39, 0.29) is 11.9 Å². The summed E-state index contributed by atoms with van der Waals surface area (Å²) in [5, 5.41) is 3.13. The fourth-order valence-electron chi connectivity index (χ4n) is 2.62. The van der Waals surface area contributed by atoms with Crippen LogP contribution in [0.25, 0.3) is 0 Å². The summed E-state index contributed by atoms with van der Waals surface area (Å²) in [5.41, 5.74) is 1.14. The van der Waals surface area contributed by atoms with Gasteiger partial charge in [-0.1, -0.05) is 19.1 Å². The Morgan fingerprint density at radius 3 is 2.76 bits per heavy atom. The fraction of sp³-hybridized carbons (Fsp3) is 0.588. The number of ether oxygens (including phenoxy) is 1. The first-order chi connectivity index (χ1) is 10.1. The maximum atomic E-state index is 12.4. The van der Waals surface area contributed by atoms with E-state index in [1.54, 1.807) is 0 Å². The molecule has 21 heavy (non-hydrogen) atoms. The number of rotatable bonds is 5. The number of carbonyl (C=O) groups excluding carboxylic acids is 1. The molecule has 116 valence electrons. The van der Waals surface area contributed by atoms with Gasteiger partial charge in [0.2, 0.25) is 0 Å². The molecule has 1 saturated heterocycles. The van der Waals surface area contributed by atoms with Crippen molar-refractivity contribution in [3.05, 3.63) is 29.8 Å². The van der Waals surface area contributed by atoms with Gasteiger partial charge in [-0.3, -0.25) is 4.79 Å². The van der Waals surface area contributed by atoms with E-state index in [0.717, 1.165) is 37.2 Å². The molecular weight excluding hydrogens is 264 g/mol. The molecule has 1 amide bonds. The number of amides is 1. The molecule has 1 N–H and O–H groups in total. The maximum Gasteiger partial charge on any atom is 0.261 e. The number of piperidine rings is 1. The normalized spacial score (nSPS) is 18.2. The largest absolute Gasteiger partial charge is 0.481 e. The second-order valence-corrected chi connectivity index (χ2v) is 5.92. The van der Waals surface area contributed by atoms with Crippen molar-refractivity contribution in [3.8, 4) is 5.75 Å². The first-order valence-electron chi connectivity index (χ1n) is 7.80. The summed E-state index contributed by atoms with van der Waals surface area (Å²) in [6, 6.07) is 8.12. The molecule has 0 aromatic heterocycles. The third kappa shape index (κ3) is 4.74. The Morgan fingerprint density at radius 2 is 2.14 bits per heavy atom. The molecule has 0 spiro atoms. The smallest absolute Gasteiger partial charge is 0.261 e. The summed E-state index contributed by atoms with van der Waals surface area (Å²) in [4.78, 5) is 14.7. The van der Waals surface area contributed by atoms with Crippen molar-refractivity contribution >= 4 is 5.91 Å². The van der Waals surface area contributed by atoms with Crippen LogP contribution in [0.2, 0.25) is 0 Å². The van der Waals surface area contributed by atoms with Crippen molar-refractivity contribution in [1.82, 2.24) is 10.2 Å². The maximum absolute atomic E-state index is 12.4. The zero-order valence-corrected chi connectivity index (χ0v) is 13.3. The molecule has 2 rings (SSSR count). The number of nitrogens with zero attached hydrogens (tertiary/aromatic N) is 1. The highest BCUT2D eigenvalue weighted by molar-refractivity contribution is 5.81. The van der Waals surface area contributed by atoms with Gasteiger partial charge in [0.05, 0.1) is 0 Å². The van der Waals surface area contributed by atoms with Gasteiger partial charge in [-0.2, -0.15) is 0 Å². The van der Waals surface area contributed by atoms with Gasteiger partial charge in [-0.05, 0) is 64.0 Å². The molecule has 1 aromatic carbocycles. The number of carbonyl (C=O) groups is 1. The van der Waals surface area contributed by atoms with Crippen LogP contribution in [-0.4, -0.2) is 43.1 Å². The monoisotopic (exact) mass is 290 g/mol. The predicted octanol–water partition coefficient (Wildman–Crippen LogP) is 2.36. The molecule has 0 saturated carbocycles. The van der Waals surface area contributed by atoms with Crippen LogP contribution in [0.1, 0.15) is 31.7 Å². The van der Waals surface area contributed by atoms with E-state index in [1.165, 1.54) is 0 Å². The molecule has 1 atom stereocenters. The van der Waals surface area contributed by atoms with Crippen molar-refractivity contribution in [2.24, 2.45) is 0 Å². The van der Waals surface area contributed by atoms with Crippen molar-refractivity contribution in [2.75, 3.05) is 20.1 Å². The van der Waals surface area contributed by atoms with Crippen LogP contribution >= 0.6 is 0 Å². The van der Waals surface area contributed by atoms with Crippen molar-refractivity contribution in [1.29, 1.82) is 0 Å². The molecule has 1 aromatic rings. The van der Waals surface area contributed by atoms with Crippen molar-refractivity contribution < 1.29 is 9.53 Å². The zero-order valence-electron chi connectivity index (χ0n) is 13.3. The van der Waals surface area contributed by atoms with E-state index >= 15 is 0 Å². The lowest BCUT2D eigenvalue weighted by Crippen LogP contribution is -2.47. The fourth-order valence-corrected chi connectivity index (χ4v) is 2.62. The average Bonchev–Trinajstić information content (AvgIpc) is 2.47. The number of aryl methyl sites for hydroxylation is 1. The number of likely N-dealkylation sites (tertiary alicyclic amines) is 1. The van der Waals surface area contributed by atoms with Gasteiger partial charge in [0.15, 0.2) is 6.10 Å². The highest BCUT2D eigenvalue weighted by atomic mass is 16.5. The Kier molecular flexibility index (Phi) is 5.62. The Bertz CT molecular complexity index is 468. The standard InChI is InChI=1S/C17H26N2O2/c1-4-16(21-15-7-5-6-13(2)12-15)17(20)18-14-8-10-19(3)11-9-14/h5-7,12,14,16H,4,8-11H2,1-3H3,(H,18,20)/t16-/m0/s1. The SMILES string of the molecule is CC[C@H](Oc1cccc(C)c1)C(=O)NC1CCN(C)CC1. The number of hydrogen-bond acceptors (Lipinski definition) is 3. The van der Waals surface area contributed by atoms with E-state index in [1.807, 2.05) is 38.1 Å². The van der Waals surface area contributed by atoms with E-state index in [4.69, 9.17) is 4.74 Å². The van der Waals surface area contributed by atoms with Gasteiger partial charge in [-0.25, -0.2) is 0 Å². The topological polar surface area (TPSA) is 41.6 Å². The van der Waals surface area contributed by atoms with E-state index in [0.29, 0.717) is 6.42 Å². The lowest BCUT2D eigenvalue weighted by molar-refractivity contribution is -0.129. The zero-order chi connectivity index (χ0) is 15.2. The molecule has 1 aliphatic heterocycles. The summed E-state index contributed by atoms with van der Waals surface area (Å²) in [6.45, 7) is 6.09. The molecule has 0 unspecified atom stereocenters.